The van der Waals surface area contributed by atoms with Crippen LogP contribution in [0.1, 0.15) is 73.6 Å². The zero-order chi connectivity index (χ0) is 73.0. The van der Waals surface area contributed by atoms with Crippen molar-refractivity contribution in [1.29, 1.82) is 0 Å². The summed E-state index contributed by atoms with van der Waals surface area (Å²) < 4.78 is 298. The predicted molar refractivity (Wildman–Crippen MR) is 306 cm³/mol. The molecule has 0 aliphatic heterocycles. The summed E-state index contributed by atoms with van der Waals surface area (Å²) in [5, 5.41) is 14.1. The fourth-order valence-electron chi connectivity index (χ4n) is 9.78. The normalized spacial score (nSPS) is 14.2. The number of rotatable bonds is 36. The van der Waals surface area contributed by atoms with Crippen LogP contribution in [0, 0.1) is 91.5 Å². The summed E-state index contributed by atoms with van der Waals surface area (Å²) in [6.07, 6.45) is -2.77. The molecule has 0 saturated carbocycles. The van der Waals surface area contributed by atoms with Crippen molar-refractivity contribution in [2.45, 2.75) is 88.3 Å². The van der Waals surface area contributed by atoms with Crippen molar-refractivity contribution in [1.82, 2.24) is 30.1 Å². The van der Waals surface area contributed by atoms with Gasteiger partial charge in [-0.3, -0.25) is 23.7 Å². The molecule has 0 heterocycles. The van der Waals surface area contributed by atoms with Gasteiger partial charge in [0, 0.05) is 76.7 Å². The molecule has 3 aromatic rings. The standard InChI is InChI=1S/C49H60F12N16O14S4/c1-9-47(4,45(81)91-19-18-77(7,8)17-10-20-92(82,83)84)22-49(6,44(80)67-13-16-70-95(89,90)41-34(60)28(54)38(73-76-64)29(55)35(41)61)23-48(5,43(79)66-12-15-69-94(87,88)40-32(58)26(52)37(72-75-63)27(53)33(40)59)21-46(2,3)42(78)65-11-14-68-93(85,86)39-30(56)24(50)36(71-74-62)25(51)31(39)57/h68-70H,9-23H2,1-8H3,(H3-,65,66,67,78,79,80,82,83,84)/p+1. The van der Waals surface area contributed by atoms with E-state index in [2.05, 4.69) is 31.3 Å². The number of nitrogens with one attached hydrogen (secondary N) is 6. The number of carbonyl (C=O) groups is 4. The van der Waals surface area contributed by atoms with Crippen LogP contribution in [0.4, 0.5) is 69.7 Å². The minimum Gasteiger partial charge on any atom is -0.459 e. The summed E-state index contributed by atoms with van der Waals surface area (Å²) in [5.41, 5.74) is 11.6. The maximum absolute atomic E-state index is 15.0. The summed E-state index contributed by atoms with van der Waals surface area (Å²) in [6.45, 7) is 0.806. The van der Waals surface area contributed by atoms with Crippen LogP contribution >= 0.6 is 0 Å². The van der Waals surface area contributed by atoms with E-state index in [-0.39, 0.29) is 30.4 Å². The zero-order valence-corrected chi connectivity index (χ0v) is 54.3. The molecule has 0 aromatic heterocycles. The first-order valence-electron chi connectivity index (χ1n) is 27.1. The highest BCUT2D eigenvalue weighted by atomic mass is 32.2. The lowest BCUT2D eigenvalue weighted by Gasteiger charge is -2.44. The summed E-state index contributed by atoms with van der Waals surface area (Å²) >= 11 is 0. The van der Waals surface area contributed by atoms with Gasteiger partial charge in [0.05, 0.1) is 31.8 Å². The molecule has 0 radical (unpaired) electrons. The lowest BCUT2D eigenvalue weighted by Crippen LogP contribution is -2.53. The summed E-state index contributed by atoms with van der Waals surface area (Å²) in [5.74, 6) is -35.2. The Hall–Kier alpha value is -7.77. The number of halogens is 12. The summed E-state index contributed by atoms with van der Waals surface area (Å²) in [7, 11) is -18.0. The number of amides is 3. The molecule has 95 heavy (non-hydrogen) atoms. The van der Waals surface area contributed by atoms with E-state index >= 15 is 0 Å². The SMILES string of the molecule is CCC(C)(CC(C)(CC(C)(CC(C)(C)C(=O)NCCNS(=O)(=O)c1c(F)c(F)c(N=[N+]=[N-])c(F)c1F)C(=O)NCCNS(=O)(=O)c1c(F)c(F)c(N=[N+]=[N-])c(F)c1F)C(=O)NCCNS(=O)(=O)c1c(F)c(F)c(N=[N+]=[N-])c(F)c1F)C(=O)OCC[N+](C)(C)CCCS(=O)(=O)O. The van der Waals surface area contributed by atoms with Crippen LogP contribution in [0.15, 0.2) is 30.0 Å². The van der Waals surface area contributed by atoms with Gasteiger partial charge in [-0.2, -0.15) is 8.42 Å². The third kappa shape index (κ3) is 19.9. The maximum atomic E-state index is 15.0. The highest BCUT2D eigenvalue weighted by Crippen LogP contribution is 2.49. The van der Waals surface area contributed by atoms with Crippen molar-refractivity contribution >= 4 is 80.9 Å². The number of ether oxygens (including phenoxy) is 1. The van der Waals surface area contributed by atoms with Gasteiger partial charge in [-0.05, 0) is 49.2 Å². The Kier molecular flexibility index (Phi) is 27.3. The molecule has 528 valence electrons. The lowest BCUT2D eigenvalue weighted by atomic mass is 9.60. The largest absolute Gasteiger partial charge is 0.459 e. The van der Waals surface area contributed by atoms with E-state index in [9.17, 15) is 110 Å². The predicted octanol–water partition coefficient (Wildman–Crippen LogP) is 7.29. The van der Waals surface area contributed by atoms with Crippen LogP contribution in [0.2, 0.25) is 0 Å². The van der Waals surface area contributed by atoms with Crippen molar-refractivity contribution in [2.75, 3.05) is 78.8 Å². The molecule has 3 aromatic carbocycles. The molecule has 0 aliphatic carbocycles. The van der Waals surface area contributed by atoms with Crippen molar-refractivity contribution in [3.05, 3.63) is 101 Å². The fourth-order valence-corrected chi connectivity index (χ4v) is 13.8. The second-order valence-corrected chi connectivity index (χ2v) is 29.6. The van der Waals surface area contributed by atoms with Gasteiger partial charge in [0.1, 0.15) is 30.2 Å². The molecule has 0 fully saturated rings. The minimum absolute atomic E-state index is 0.000518. The van der Waals surface area contributed by atoms with E-state index in [4.69, 9.17) is 21.3 Å². The smallest absolute Gasteiger partial charge is 0.312 e. The average molecular weight is 1450 g/mol. The average Bonchev–Trinajstić information content (AvgIpc) is 0.791. The van der Waals surface area contributed by atoms with Gasteiger partial charge < -0.3 is 25.2 Å². The zero-order valence-electron chi connectivity index (χ0n) is 51.0. The van der Waals surface area contributed by atoms with Crippen molar-refractivity contribution in [2.24, 2.45) is 37.0 Å². The Morgan fingerprint density at radius 2 is 0.768 bits per heavy atom. The molecule has 30 nitrogen and oxygen atoms in total. The highest BCUT2D eigenvalue weighted by molar-refractivity contribution is 7.90. The van der Waals surface area contributed by atoms with Crippen LogP contribution < -0.4 is 30.1 Å². The number of nitrogens with zero attached hydrogens (tertiary/aromatic N) is 10. The van der Waals surface area contributed by atoms with Gasteiger partial charge in [-0.1, -0.05) is 50.0 Å². The second-order valence-electron chi connectivity index (χ2n) is 22.9. The molecule has 0 bridgehead atoms. The number of esters is 1. The van der Waals surface area contributed by atoms with Gasteiger partial charge >= 0.3 is 5.97 Å². The number of hydrogen-bond donors (Lipinski definition) is 7. The van der Waals surface area contributed by atoms with Crippen LogP contribution in [0.5, 0.6) is 0 Å². The molecule has 3 amide bonds. The molecule has 0 saturated heterocycles. The number of azide groups is 3. The number of benzene rings is 3. The van der Waals surface area contributed by atoms with Gasteiger partial charge in [0.2, 0.25) is 47.8 Å². The summed E-state index contributed by atoms with van der Waals surface area (Å²) in [4.78, 5) is 57.3. The van der Waals surface area contributed by atoms with E-state index in [0.717, 1.165) is 27.7 Å². The third-order valence-corrected chi connectivity index (χ3v) is 19.7. The number of likely N-dealkylation sites (N-methyl/N-ethyl adjacent to an activating group) is 1. The second kappa shape index (κ2) is 31.9. The number of carbonyl (C=O) groups excluding carboxylic acids is 4. The molecule has 46 heteroatoms. The Bertz CT molecular complexity index is 4060. The first-order valence-corrected chi connectivity index (χ1v) is 33.1. The van der Waals surface area contributed by atoms with Gasteiger partial charge in [-0.25, -0.2) is 92.1 Å². The topological polar surface area (TPSA) is 453 Å². The van der Waals surface area contributed by atoms with Crippen molar-refractivity contribution in [3.63, 3.8) is 0 Å². The molecular formula is C49H61F12N16O14S4+. The van der Waals surface area contributed by atoms with Crippen LogP contribution in [0.25, 0.3) is 31.3 Å². The monoisotopic (exact) mass is 1450 g/mol. The van der Waals surface area contributed by atoms with Gasteiger partial charge in [0.25, 0.3) is 10.1 Å². The van der Waals surface area contributed by atoms with Gasteiger partial charge in [0.15, 0.2) is 84.5 Å². The highest BCUT2D eigenvalue weighted by Gasteiger charge is 2.52. The maximum Gasteiger partial charge on any atom is 0.312 e. The van der Waals surface area contributed by atoms with E-state index in [0.29, 0.717) is 0 Å². The van der Waals surface area contributed by atoms with Crippen molar-refractivity contribution < 1.29 is 119 Å². The first kappa shape index (κ1) is 81.5. The Morgan fingerprint density at radius 1 is 0.474 bits per heavy atom. The molecule has 7 N–H and O–H groups in total. The Morgan fingerprint density at radius 3 is 1.06 bits per heavy atom. The molecule has 3 atom stereocenters. The minimum atomic E-state index is -5.67. The molecule has 3 unspecified atom stereocenters. The molecular weight excluding hydrogens is 1390 g/mol. The number of hydrogen-bond acceptors (Lipinski definition) is 16. The van der Waals surface area contributed by atoms with Crippen LogP contribution in [-0.2, 0) is 64.1 Å². The van der Waals surface area contributed by atoms with E-state index in [1.54, 1.807) is 28.3 Å². The Balaban J connectivity index is 2.17. The Labute approximate surface area is 533 Å². The molecule has 0 spiro atoms. The third-order valence-electron chi connectivity index (χ3n) is 14.4. The fraction of sp³-hybridized carbons (Fsp3) is 0.551. The lowest BCUT2D eigenvalue weighted by molar-refractivity contribution is -0.890. The summed E-state index contributed by atoms with van der Waals surface area (Å²) in [6, 6.07) is 0. The van der Waals surface area contributed by atoms with Crippen LogP contribution in [0.3, 0.4) is 0 Å². The van der Waals surface area contributed by atoms with Crippen LogP contribution in [-0.4, -0.2) is 145 Å². The molecule has 3 rings (SSSR count). The van der Waals surface area contributed by atoms with E-state index in [1.165, 1.54) is 13.8 Å². The van der Waals surface area contributed by atoms with E-state index in [1.807, 2.05) is 14.7 Å². The van der Waals surface area contributed by atoms with Crippen molar-refractivity contribution in [3.8, 4) is 0 Å². The quantitative estimate of drug-likeness (QED) is 0.00346. The van der Waals surface area contributed by atoms with E-state index < -0.39 is 258 Å². The first-order chi connectivity index (χ1) is 43.5. The number of sulfonamides is 3. The number of quaternary nitrogens is 1. The molecule has 0 aliphatic rings. The van der Waals surface area contributed by atoms with Gasteiger partial charge in [-0.15, -0.1) is 0 Å².